The molecule has 2 aliphatic heterocycles. The number of nitrogens with one attached hydrogen (secondary N) is 1. The summed E-state index contributed by atoms with van der Waals surface area (Å²) in [6.45, 7) is 8.14. The highest BCUT2D eigenvalue weighted by molar-refractivity contribution is 7.14. The molecule has 0 amide bonds. The van der Waals surface area contributed by atoms with Crippen LogP contribution in [-0.2, 0) is 4.74 Å². The predicted octanol–water partition coefficient (Wildman–Crippen LogP) is 3.15. The molecular weight excluding hydrogens is 332 g/mol. The van der Waals surface area contributed by atoms with E-state index in [2.05, 4.69) is 44.8 Å². The van der Waals surface area contributed by atoms with Gasteiger partial charge in [-0.2, -0.15) is 0 Å². The average Bonchev–Trinajstić information content (AvgIpc) is 3.35. The molecule has 3 heterocycles. The first-order chi connectivity index (χ1) is 12.4. The predicted molar refractivity (Wildman–Crippen MR) is 105 cm³/mol. The SMILES string of the molecule is c1cc(N2CCCC2)ccc1-c1csc(NCCN2CCOCC2)n1. The minimum Gasteiger partial charge on any atom is -0.379 e. The Labute approximate surface area is 153 Å². The summed E-state index contributed by atoms with van der Waals surface area (Å²) < 4.78 is 5.38. The van der Waals surface area contributed by atoms with Crippen LogP contribution < -0.4 is 10.2 Å². The Hall–Kier alpha value is -1.63. The van der Waals surface area contributed by atoms with Crippen molar-refractivity contribution in [3.63, 3.8) is 0 Å². The van der Waals surface area contributed by atoms with Crippen molar-refractivity contribution in [2.24, 2.45) is 0 Å². The van der Waals surface area contributed by atoms with Crippen molar-refractivity contribution >= 4 is 22.2 Å². The molecule has 0 spiro atoms. The van der Waals surface area contributed by atoms with Gasteiger partial charge in [0.25, 0.3) is 0 Å². The molecule has 0 aliphatic carbocycles. The normalized spacial score (nSPS) is 18.6. The Bertz CT molecular complexity index is 660. The largest absolute Gasteiger partial charge is 0.379 e. The molecule has 1 aromatic heterocycles. The second-order valence-corrected chi connectivity index (χ2v) is 7.52. The number of anilines is 2. The smallest absolute Gasteiger partial charge is 0.183 e. The number of hydrogen-bond donors (Lipinski definition) is 1. The minimum absolute atomic E-state index is 0.856. The van der Waals surface area contributed by atoms with Crippen molar-refractivity contribution in [1.82, 2.24) is 9.88 Å². The Balaban J connectivity index is 1.31. The summed E-state index contributed by atoms with van der Waals surface area (Å²) in [4.78, 5) is 9.64. The number of benzene rings is 1. The highest BCUT2D eigenvalue weighted by Gasteiger charge is 2.13. The third-order valence-corrected chi connectivity index (χ3v) is 5.75. The fourth-order valence-electron chi connectivity index (χ4n) is 3.45. The van der Waals surface area contributed by atoms with Crippen LogP contribution in [0.2, 0.25) is 0 Å². The molecule has 6 heteroatoms. The summed E-state index contributed by atoms with van der Waals surface area (Å²) in [5.74, 6) is 0. The minimum atomic E-state index is 0.856. The molecule has 0 unspecified atom stereocenters. The van der Waals surface area contributed by atoms with Gasteiger partial charge in [0.1, 0.15) is 0 Å². The monoisotopic (exact) mass is 358 g/mol. The average molecular weight is 359 g/mol. The summed E-state index contributed by atoms with van der Waals surface area (Å²) in [7, 11) is 0. The number of thiazole rings is 1. The molecule has 2 aliphatic rings. The molecule has 0 saturated carbocycles. The maximum Gasteiger partial charge on any atom is 0.183 e. The van der Waals surface area contributed by atoms with E-state index < -0.39 is 0 Å². The van der Waals surface area contributed by atoms with Gasteiger partial charge < -0.3 is 15.0 Å². The molecule has 0 radical (unpaired) electrons. The van der Waals surface area contributed by atoms with Gasteiger partial charge in [-0.05, 0) is 25.0 Å². The molecule has 1 aromatic carbocycles. The highest BCUT2D eigenvalue weighted by Crippen LogP contribution is 2.27. The second kappa shape index (κ2) is 8.17. The van der Waals surface area contributed by atoms with Crippen molar-refractivity contribution in [2.45, 2.75) is 12.8 Å². The van der Waals surface area contributed by atoms with Crippen molar-refractivity contribution in [2.75, 3.05) is 62.7 Å². The molecule has 134 valence electrons. The zero-order chi connectivity index (χ0) is 16.9. The van der Waals surface area contributed by atoms with E-state index in [1.807, 2.05) is 0 Å². The third-order valence-electron chi connectivity index (χ3n) is 4.95. The lowest BCUT2D eigenvalue weighted by Crippen LogP contribution is -2.38. The summed E-state index contributed by atoms with van der Waals surface area (Å²) in [6.07, 6.45) is 2.63. The van der Waals surface area contributed by atoms with Gasteiger partial charge in [-0.1, -0.05) is 12.1 Å². The van der Waals surface area contributed by atoms with Crippen molar-refractivity contribution < 1.29 is 4.74 Å². The van der Waals surface area contributed by atoms with Gasteiger partial charge in [-0.15, -0.1) is 11.3 Å². The first-order valence-corrected chi connectivity index (χ1v) is 10.1. The molecule has 0 atom stereocenters. The number of hydrogen-bond acceptors (Lipinski definition) is 6. The van der Waals surface area contributed by atoms with Crippen LogP contribution in [0, 0.1) is 0 Å². The van der Waals surface area contributed by atoms with Crippen molar-refractivity contribution in [3.05, 3.63) is 29.6 Å². The van der Waals surface area contributed by atoms with Gasteiger partial charge in [0.15, 0.2) is 5.13 Å². The molecule has 1 N–H and O–H groups in total. The molecule has 2 saturated heterocycles. The molecule has 5 nitrogen and oxygen atoms in total. The van der Waals surface area contributed by atoms with E-state index >= 15 is 0 Å². The molecule has 25 heavy (non-hydrogen) atoms. The fraction of sp³-hybridized carbons (Fsp3) is 0.526. The number of nitrogens with zero attached hydrogens (tertiary/aromatic N) is 3. The van der Waals surface area contributed by atoms with Gasteiger partial charge in [0.2, 0.25) is 0 Å². The van der Waals surface area contributed by atoms with Crippen LogP contribution in [0.4, 0.5) is 10.8 Å². The highest BCUT2D eigenvalue weighted by atomic mass is 32.1. The van der Waals surface area contributed by atoms with Gasteiger partial charge >= 0.3 is 0 Å². The van der Waals surface area contributed by atoms with Crippen LogP contribution in [0.1, 0.15) is 12.8 Å². The number of rotatable bonds is 6. The summed E-state index contributed by atoms with van der Waals surface area (Å²) in [5.41, 5.74) is 3.59. The topological polar surface area (TPSA) is 40.6 Å². The molecule has 4 rings (SSSR count). The Morgan fingerprint density at radius 3 is 2.56 bits per heavy atom. The zero-order valence-corrected chi connectivity index (χ0v) is 15.4. The molecule has 2 fully saturated rings. The quantitative estimate of drug-likeness (QED) is 0.859. The van der Waals surface area contributed by atoms with Gasteiger partial charge in [-0.3, -0.25) is 4.90 Å². The van der Waals surface area contributed by atoms with E-state index in [0.717, 1.165) is 50.2 Å². The standard InChI is InChI=1S/C19H26N4OS/c1-2-9-23(8-1)17-5-3-16(4-6-17)18-15-25-19(21-18)20-7-10-22-11-13-24-14-12-22/h3-6,15H,1-2,7-14H2,(H,20,21). The summed E-state index contributed by atoms with van der Waals surface area (Å²) >= 11 is 1.68. The van der Waals surface area contributed by atoms with E-state index in [1.54, 1.807) is 11.3 Å². The Morgan fingerprint density at radius 1 is 1.04 bits per heavy atom. The fourth-order valence-corrected chi connectivity index (χ4v) is 4.20. The molecular formula is C19H26N4OS. The Kier molecular flexibility index (Phi) is 5.49. The molecule has 2 aromatic rings. The first kappa shape index (κ1) is 16.8. The van der Waals surface area contributed by atoms with E-state index in [0.29, 0.717) is 0 Å². The van der Waals surface area contributed by atoms with E-state index in [-0.39, 0.29) is 0 Å². The van der Waals surface area contributed by atoms with Gasteiger partial charge in [0, 0.05) is 55.9 Å². The number of aromatic nitrogens is 1. The lowest BCUT2D eigenvalue weighted by Gasteiger charge is -2.26. The third kappa shape index (κ3) is 4.32. The second-order valence-electron chi connectivity index (χ2n) is 6.66. The van der Waals surface area contributed by atoms with Gasteiger partial charge in [0.05, 0.1) is 18.9 Å². The van der Waals surface area contributed by atoms with E-state index in [4.69, 9.17) is 9.72 Å². The number of ether oxygens (including phenoxy) is 1. The van der Waals surface area contributed by atoms with Crippen LogP contribution in [0.3, 0.4) is 0 Å². The lowest BCUT2D eigenvalue weighted by atomic mass is 10.1. The summed E-state index contributed by atoms with van der Waals surface area (Å²) in [6, 6.07) is 8.84. The molecule has 0 bridgehead atoms. The van der Waals surface area contributed by atoms with E-state index in [9.17, 15) is 0 Å². The number of morpholine rings is 1. The van der Waals surface area contributed by atoms with Gasteiger partial charge in [-0.25, -0.2) is 4.98 Å². The maximum absolute atomic E-state index is 5.38. The Morgan fingerprint density at radius 2 is 1.80 bits per heavy atom. The van der Waals surface area contributed by atoms with E-state index in [1.165, 1.54) is 37.2 Å². The van der Waals surface area contributed by atoms with Crippen LogP contribution in [0.15, 0.2) is 29.6 Å². The zero-order valence-electron chi connectivity index (χ0n) is 14.6. The van der Waals surface area contributed by atoms with Crippen molar-refractivity contribution in [1.29, 1.82) is 0 Å². The van der Waals surface area contributed by atoms with Crippen LogP contribution in [-0.4, -0.2) is 62.4 Å². The van der Waals surface area contributed by atoms with Crippen LogP contribution in [0.25, 0.3) is 11.3 Å². The first-order valence-electron chi connectivity index (χ1n) is 9.23. The summed E-state index contributed by atoms with van der Waals surface area (Å²) in [5, 5.41) is 6.60. The lowest BCUT2D eigenvalue weighted by molar-refractivity contribution is 0.0398. The van der Waals surface area contributed by atoms with Crippen molar-refractivity contribution in [3.8, 4) is 11.3 Å². The van der Waals surface area contributed by atoms with Crippen LogP contribution in [0.5, 0.6) is 0 Å². The van der Waals surface area contributed by atoms with Crippen LogP contribution >= 0.6 is 11.3 Å². The maximum atomic E-state index is 5.38.